The largest absolute Gasteiger partial charge is 2.00 e. The SMILES string of the molecule is C[Si](C)(c1[c-]c(-c2ccccn2)ccc1)c1[c-]c2c(cc1)c1ccc([Si](C)(C)c3[c-]c(-c4ccccn4)ccc3)[c-]c1n2-c1ncccn1.[Pd+2].[Pt+2]. The van der Waals surface area contributed by atoms with Crippen LogP contribution >= 0.6 is 0 Å². The van der Waals surface area contributed by atoms with E-state index in [1.165, 1.54) is 20.7 Å². The zero-order valence-electron chi connectivity index (χ0n) is 28.5. The summed E-state index contributed by atoms with van der Waals surface area (Å²) in [4.78, 5) is 18.6. The van der Waals surface area contributed by atoms with Crippen molar-refractivity contribution in [2.75, 3.05) is 0 Å². The van der Waals surface area contributed by atoms with Gasteiger partial charge in [0, 0.05) is 24.8 Å². The standard InChI is InChI=1S/C42H33N5Si2.Pd.Pt/c1-48(2,32-14-9-12-30(26-32)38-16-5-7-22-43-38)34-18-20-36-37-21-19-35(29-41(37)47(40(36)28-34)42-45-24-11-25-46-42)49(3,4)33-15-10-13-31(27-33)39-17-6-8-23-44-39;;/h5-25H,1-4H3;;/q-4;2*+2. The molecule has 0 radical (unpaired) electrons. The van der Waals surface area contributed by atoms with Gasteiger partial charge in [0.05, 0.1) is 16.1 Å². The summed E-state index contributed by atoms with van der Waals surface area (Å²) in [5, 5.41) is 6.99. The van der Waals surface area contributed by atoms with Gasteiger partial charge in [-0.1, -0.05) is 61.5 Å². The number of benzene rings is 4. The fourth-order valence-corrected chi connectivity index (χ4v) is 10.9. The minimum absolute atomic E-state index is 0. The summed E-state index contributed by atoms with van der Waals surface area (Å²) in [6.07, 6.45) is 7.24. The van der Waals surface area contributed by atoms with Crippen LogP contribution in [0.5, 0.6) is 0 Å². The third-order valence-corrected chi connectivity index (χ3v) is 16.1. The molecule has 0 aliphatic heterocycles. The topological polar surface area (TPSA) is 56.5 Å². The van der Waals surface area contributed by atoms with Crippen LogP contribution in [-0.2, 0) is 41.5 Å². The fraction of sp³-hybridized carbons (Fsp3) is 0.0952. The molecule has 51 heavy (non-hydrogen) atoms. The van der Waals surface area contributed by atoms with Crippen molar-refractivity contribution in [3.8, 4) is 28.5 Å². The van der Waals surface area contributed by atoms with Crippen molar-refractivity contribution in [1.29, 1.82) is 0 Å². The average Bonchev–Trinajstić information content (AvgIpc) is 3.49. The van der Waals surface area contributed by atoms with E-state index in [-0.39, 0.29) is 41.5 Å². The monoisotopic (exact) mass is 964 g/mol. The summed E-state index contributed by atoms with van der Waals surface area (Å²) in [6.45, 7) is 9.44. The second-order valence-electron chi connectivity index (χ2n) is 13.3. The molecular formula is C42H33N5PdPtSi2. The van der Waals surface area contributed by atoms with Crippen LogP contribution in [0.3, 0.4) is 0 Å². The van der Waals surface area contributed by atoms with Crippen LogP contribution in [0.1, 0.15) is 0 Å². The molecule has 9 heteroatoms. The first-order valence-electron chi connectivity index (χ1n) is 16.4. The Labute approximate surface area is 329 Å². The molecule has 0 fully saturated rings. The second kappa shape index (κ2) is 14.8. The van der Waals surface area contributed by atoms with Crippen LogP contribution in [0.2, 0.25) is 26.2 Å². The molecule has 0 N–H and O–H groups in total. The first kappa shape index (κ1) is 36.6. The van der Waals surface area contributed by atoms with Gasteiger partial charge >= 0.3 is 41.5 Å². The van der Waals surface area contributed by atoms with Crippen LogP contribution in [0.4, 0.5) is 0 Å². The first-order valence-corrected chi connectivity index (χ1v) is 22.4. The number of nitrogens with zero attached hydrogens (tertiary/aromatic N) is 5. The minimum Gasteiger partial charge on any atom is -0.328 e. The van der Waals surface area contributed by atoms with Gasteiger partial charge in [-0.25, -0.2) is 9.97 Å². The van der Waals surface area contributed by atoms with E-state index in [9.17, 15) is 0 Å². The second-order valence-corrected chi connectivity index (χ2v) is 21.9. The molecule has 0 amide bonds. The molecule has 4 aromatic heterocycles. The van der Waals surface area contributed by atoms with E-state index in [0.717, 1.165) is 44.3 Å². The van der Waals surface area contributed by atoms with Crippen LogP contribution in [0.25, 0.3) is 50.3 Å². The number of pyridine rings is 2. The number of fused-ring (bicyclic) bond motifs is 3. The van der Waals surface area contributed by atoms with E-state index in [1.807, 2.05) is 54.9 Å². The van der Waals surface area contributed by atoms with Gasteiger partial charge in [-0.15, -0.1) is 70.0 Å². The molecule has 0 atom stereocenters. The van der Waals surface area contributed by atoms with E-state index < -0.39 is 16.1 Å². The summed E-state index contributed by atoms with van der Waals surface area (Å²) in [5.41, 5.74) is 5.77. The van der Waals surface area contributed by atoms with E-state index >= 15 is 0 Å². The molecule has 8 rings (SSSR count). The Hall–Kier alpha value is -4.16. The molecule has 8 aromatic rings. The minimum atomic E-state index is -2.23. The van der Waals surface area contributed by atoms with Crippen molar-refractivity contribution in [2.45, 2.75) is 26.2 Å². The fourth-order valence-electron chi connectivity index (χ4n) is 6.50. The van der Waals surface area contributed by atoms with Crippen molar-refractivity contribution in [3.05, 3.63) is 152 Å². The number of hydrogen-bond donors (Lipinski definition) is 0. The molecule has 254 valence electrons. The van der Waals surface area contributed by atoms with E-state index in [2.05, 4.69) is 126 Å². The summed E-state index contributed by atoms with van der Waals surface area (Å²) < 4.78 is 2.13. The van der Waals surface area contributed by atoms with E-state index in [0.29, 0.717) is 5.95 Å². The molecule has 0 aliphatic rings. The Balaban J connectivity index is 0.00000224. The zero-order valence-corrected chi connectivity index (χ0v) is 34.3. The molecule has 4 aromatic carbocycles. The Bertz CT molecular complexity index is 2300. The summed E-state index contributed by atoms with van der Waals surface area (Å²) in [7, 11) is -4.47. The van der Waals surface area contributed by atoms with Gasteiger partial charge < -0.3 is 14.5 Å². The van der Waals surface area contributed by atoms with Gasteiger partial charge in [-0.3, -0.25) is 0 Å². The molecular weight excluding hydrogens is 932 g/mol. The zero-order chi connectivity index (χ0) is 33.6. The number of hydrogen-bond acceptors (Lipinski definition) is 4. The van der Waals surface area contributed by atoms with Gasteiger partial charge in [0.1, 0.15) is 0 Å². The Morgan fingerprint density at radius 3 is 1.31 bits per heavy atom. The Morgan fingerprint density at radius 1 is 0.451 bits per heavy atom. The van der Waals surface area contributed by atoms with Gasteiger partial charge in [0.2, 0.25) is 5.95 Å². The van der Waals surface area contributed by atoms with Crippen molar-refractivity contribution >= 4 is 58.7 Å². The van der Waals surface area contributed by atoms with Crippen LogP contribution in [-0.4, -0.2) is 40.7 Å². The quantitative estimate of drug-likeness (QED) is 0.135. The summed E-state index contributed by atoms with van der Waals surface area (Å²) in [5.74, 6) is 0.607. The van der Waals surface area contributed by atoms with Crippen LogP contribution < -0.4 is 20.7 Å². The van der Waals surface area contributed by atoms with Crippen molar-refractivity contribution in [3.63, 3.8) is 0 Å². The predicted octanol–water partition coefficient (Wildman–Crippen LogP) is 6.54. The Morgan fingerprint density at radius 2 is 0.882 bits per heavy atom. The van der Waals surface area contributed by atoms with Gasteiger partial charge in [0.15, 0.2) is 0 Å². The van der Waals surface area contributed by atoms with Crippen molar-refractivity contribution in [1.82, 2.24) is 24.5 Å². The van der Waals surface area contributed by atoms with Gasteiger partial charge in [0.25, 0.3) is 0 Å². The molecule has 0 unspecified atom stereocenters. The third-order valence-electron chi connectivity index (χ3n) is 9.50. The summed E-state index contributed by atoms with van der Waals surface area (Å²) >= 11 is 0. The van der Waals surface area contributed by atoms with Crippen molar-refractivity contribution < 1.29 is 41.5 Å². The summed E-state index contributed by atoms with van der Waals surface area (Å²) in [6, 6.07) is 50.8. The number of aromatic nitrogens is 5. The maximum atomic E-state index is 4.72. The molecule has 0 saturated heterocycles. The van der Waals surface area contributed by atoms with Crippen LogP contribution in [0, 0.1) is 24.3 Å². The molecule has 5 nitrogen and oxygen atoms in total. The Kier molecular flexibility index (Phi) is 10.7. The maximum Gasteiger partial charge on any atom is 2.00 e. The normalized spacial score (nSPS) is 11.6. The molecule has 0 bridgehead atoms. The predicted molar refractivity (Wildman–Crippen MR) is 205 cm³/mol. The van der Waals surface area contributed by atoms with Gasteiger partial charge in [-0.05, 0) is 29.6 Å². The maximum absolute atomic E-state index is 4.72. The molecule has 0 saturated carbocycles. The molecule has 0 aliphatic carbocycles. The average molecular weight is 965 g/mol. The third kappa shape index (κ3) is 6.80. The molecule has 4 heterocycles. The van der Waals surface area contributed by atoms with E-state index in [4.69, 9.17) is 9.97 Å². The number of rotatable bonds is 7. The van der Waals surface area contributed by atoms with Gasteiger partial charge in [-0.2, -0.15) is 57.5 Å². The van der Waals surface area contributed by atoms with Crippen molar-refractivity contribution in [2.24, 2.45) is 0 Å². The van der Waals surface area contributed by atoms with Crippen LogP contribution in [0.15, 0.2) is 128 Å². The first-order chi connectivity index (χ1) is 23.8. The smallest absolute Gasteiger partial charge is 0.328 e. The molecule has 0 spiro atoms. The van der Waals surface area contributed by atoms with E-state index in [1.54, 1.807) is 12.4 Å².